The number of fused-ring (bicyclic) bond motifs is 4. The summed E-state index contributed by atoms with van der Waals surface area (Å²) in [5.41, 5.74) is 5.96. The van der Waals surface area contributed by atoms with Crippen LogP contribution in [-0.4, -0.2) is 11.2 Å². The molecule has 1 heteroatoms. The molecule has 0 aliphatic heterocycles. The second-order valence-electron chi connectivity index (χ2n) is 11.8. The Kier molecular flexibility index (Phi) is 6.17. The first kappa shape index (κ1) is 22.4. The molecule has 0 spiro atoms. The van der Waals surface area contributed by atoms with Crippen molar-refractivity contribution in [1.29, 1.82) is 0 Å². The van der Waals surface area contributed by atoms with Gasteiger partial charge in [0.2, 0.25) is 0 Å². The van der Waals surface area contributed by atoms with E-state index < -0.39 is 0 Å². The van der Waals surface area contributed by atoms with Gasteiger partial charge in [-0.3, -0.25) is 0 Å². The van der Waals surface area contributed by atoms with Gasteiger partial charge in [-0.2, -0.15) is 0 Å². The van der Waals surface area contributed by atoms with Gasteiger partial charge in [0.1, 0.15) is 0 Å². The Morgan fingerprint density at radius 2 is 1.87 bits per heavy atom. The molecular weight excluding hydrogens is 364 g/mol. The summed E-state index contributed by atoms with van der Waals surface area (Å²) >= 11 is 0. The second kappa shape index (κ2) is 8.27. The van der Waals surface area contributed by atoms with Crippen molar-refractivity contribution in [2.24, 2.45) is 40.4 Å². The van der Waals surface area contributed by atoms with Crippen molar-refractivity contribution in [2.45, 2.75) is 105 Å². The van der Waals surface area contributed by atoms with Crippen molar-refractivity contribution in [3.8, 4) is 0 Å². The molecular formula is C29H46O. The van der Waals surface area contributed by atoms with Crippen LogP contribution in [0.15, 0.2) is 34.9 Å². The van der Waals surface area contributed by atoms with Gasteiger partial charge in [-0.25, -0.2) is 0 Å². The first-order valence-corrected chi connectivity index (χ1v) is 13.0. The Balaban J connectivity index is 1.61. The maximum absolute atomic E-state index is 10.2. The highest BCUT2D eigenvalue weighted by atomic mass is 16.3. The summed E-state index contributed by atoms with van der Waals surface area (Å²) in [7, 11) is 0. The largest absolute Gasteiger partial charge is 0.393 e. The fourth-order valence-electron chi connectivity index (χ4n) is 7.95. The number of aliphatic hydroxyl groups is 1. The SMILES string of the molecule is CC[C@]12CCC3=C(CC=C4C[C@@H](O)CC[C@@]43C)C1CC[C@@H]2[C@H](C)C=C[C@H](C)C(C)C. The first-order chi connectivity index (χ1) is 14.2. The molecule has 7 atom stereocenters. The predicted molar refractivity (Wildman–Crippen MR) is 128 cm³/mol. The molecule has 0 aromatic heterocycles. The highest BCUT2D eigenvalue weighted by Gasteiger charge is 2.55. The predicted octanol–water partition coefficient (Wildman–Crippen LogP) is 7.87. The van der Waals surface area contributed by atoms with Gasteiger partial charge in [0.25, 0.3) is 0 Å². The van der Waals surface area contributed by atoms with Crippen LogP contribution in [0.25, 0.3) is 0 Å². The molecule has 2 saturated carbocycles. The second-order valence-corrected chi connectivity index (χ2v) is 11.8. The van der Waals surface area contributed by atoms with Gasteiger partial charge in [0.15, 0.2) is 0 Å². The number of aliphatic hydroxyl groups excluding tert-OH is 1. The highest BCUT2D eigenvalue weighted by molar-refractivity contribution is 5.43. The molecule has 4 rings (SSSR count). The Morgan fingerprint density at radius 1 is 1.10 bits per heavy atom. The van der Waals surface area contributed by atoms with Crippen LogP contribution < -0.4 is 0 Å². The lowest BCUT2D eigenvalue weighted by Gasteiger charge is -2.53. The Morgan fingerprint density at radius 3 is 2.57 bits per heavy atom. The number of allylic oxidation sites excluding steroid dienone is 5. The van der Waals surface area contributed by atoms with Gasteiger partial charge in [-0.1, -0.05) is 76.5 Å². The molecule has 4 aliphatic rings. The molecule has 0 bridgehead atoms. The van der Waals surface area contributed by atoms with Gasteiger partial charge in [0, 0.05) is 5.41 Å². The average Bonchev–Trinajstić information content (AvgIpc) is 3.12. The maximum atomic E-state index is 10.2. The lowest BCUT2D eigenvalue weighted by molar-refractivity contribution is 0.0786. The van der Waals surface area contributed by atoms with Crippen molar-refractivity contribution >= 4 is 0 Å². The van der Waals surface area contributed by atoms with E-state index >= 15 is 0 Å². The molecule has 30 heavy (non-hydrogen) atoms. The zero-order valence-corrected chi connectivity index (χ0v) is 20.5. The molecule has 2 fully saturated rings. The minimum atomic E-state index is -0.110. The fourth-order valence-corrected chi connectivity index (χ4v) is 7.95. The molecule has 1 N–H and O–H groups in total. The standard InChI is InChI=1S/C29H46O/c1-7-29-17-15-26-24(11-10-22-18-23(30)14-16-28(22,26)6)27(29)13-12-25(29)21(5)9-8-20(4)19(2)3/h8-10,19-21,23,25,27,30H,7,11-18H2,1-6H3/t20-,21+,23-,25+,27?,28-,29+/m0/s1. The first-order valence-electron chi connectivity index (χ1n) is 13.0. The maximum Gasteiger partial charge on any atom is 0.0578 e. The number of rotatable bonds is 5. The van der Waals surface area contributed by atoms with Gasteiger partial charge in [-0.15, -0.1) is 0 Å². The third kappa shape index (κ3) is 3.48. The summed E-state index contributed by atoms with van der Waals surface area (Å²) < 4.78 is 0. The van der Waals surface area contributed by atoms with Crippen LogP contribution in [0.1, 0.15) is 99.3 Å². The quantitative estimate of drug-likeness (QED) is 0.457. The topological polar surface area (TPSA) is 20.2 Å². The molecule has 0 amide bonds. The van der Waals surface area contributed by atoms with E-state index in [9.17, 15) is 5.11 Å². The van der Waals surface area contributed by atoms with E-state index in [-0.39, 0.29) is 11.5 Å². The van der Waals surface area contributed by atoms with E-state index in [0.29, 0.717) is 17.3 Å². The van der Waals surface area contributed by atoms with Crippen LogP contribution in [-0.2, 0) is 0 Å². The van der Waals surface area contributed by atoms with Gasteiger partial charge in [-0.05, 0) is 92.8 Å². The molecule has 0 aromatic carbocycles. The van der Waals surface area contributed by atoms with E-state index in [1.807, 2.05) is 5.57 Å². The summed E-state index contributed by atoms with van der Waals surface area (Å²) in [6.07, 6.45) is 18.5. The third-order valence-corrected chi connectivity index (χ3v) is 10.3. The Bertz CT molecular complexity index is 739. The zero-order chi connectivity index (χ0) is 21.7. The number of hydrogen-bond acceptors (Lipinski definition) is 1. The van der Waals surface area contributed by atoms with Crippen molar-refractivity contribution < 1.29 is 5.11 Å². The van der Waals surface area contributed by atoms with Crippen LogP contribution >= 0.6 is 0 Å². The van der Waals surface area contributed by atoms with Crippen molar-refractivity contribution in [3.05, 3.63) is 34.9 Å². The molecule has 0 radical (unpaired) electrons. The van der Waals surface area contributed by atoms with E-state index in [1.165, 1.54) is 38.5 Å². The minimum absolute atomic E-state index is 0.110. The van der Waals surface area contributed by atoms with Crippen LogP contribution in [0.3, 0.4) is 0 Å². The summed E-state index contributed by atoms with van der Waals surface area (Å²) in [5.74, 6) is 3.73. The average molecular weight is 411 g/mol. The van der Waals surface area contributed by atoms with E-state index in [4.69, 9.17) is 0 Å². The van der Waals surface area contributed by atoms with Crippen molar-refractivity contribution in [3.63, 3.8) is 0 Å². The summed E-state index contributed by atoms with van der Waals surface area (Å²) in [6.45, 7) is 14.5. The molecule has 0 aromatic rings. The van der Waals surface area contributed by atoms with Gasteiger partial charge < -0.3 is 5.11 Å². The third-order valence-electron chi connectivity index (χ3n) is 10.3. The lowest BCUT2D eigenvalue weighted by Crippen LogP contribution is -2.43. The molecule has 1 nitrogen and oxygen atoms in total. The summed E-state index contributed by atoms with van der Waals surface area (Å²) in [4.78, 5) is 0. The Labute approximate surface area is 186 Å². The van der Waals surface area contributed by atoms with Crippen LogP contribution in [0.2, 0.25) is 0 Å². The van der Waals surface area contributed by atoms with Gasteiger partial charge >= 0.3 is 0 Å². The van der Waals surface area contributed by atoms with E-state index in [0.717, 1.165) is 37.0 Å². The van der Waals surface area contributed by atoms with Crippen LogP contribution in [0, 0.1) is 40.4 Å². The molecule has 4 aliphatic carbocycles. The van der Waals surface area contributed by atoms with Crippen LogP contribution in [0.4, 0.5) is 0 Å². The summed E-state index contributed by atoms with van der Waals surface area (Å²) in [6, 6.07) is 0. The number of hydrogen-bond donors (Lipinski definition) is 1. The monoisotopic (exact) mass is 410 g/mol. The van der Waals surface area contributed by atoms with Crippen molar-refractivity contribution in [2.75, 3.05) is 0 Å². The van der Waals surface area contributed by atoms with Gasteiger partial charge in [0.05, 0.1) is 6.10 Å². The molecule has 1 unspecified atom stereocenters. The smallest absolute Gasteiger partial charge is 0.0578 e. The minimum Gasteiger partial charge on any atom is -0.393 e. The van der Waals surface area contributed by atoms with Crippen LogP contribution in [0.5, 0.6) is 0 Å². The zero-order valence-electron chi connectivity index (χ0n) is 20.5. The summed E-state index contributed by atoms with van der Waals surface area (Å²) in [5, 5.41) is 10.2. The highest BCUT2D eigenvalue weighted by Crippen LogP contribution is 2.66. The van der Waals surface area contributed by atoms with E-state index in [1.54, 1.807) is 11.1 Å². The van der Waals surface area contributed by atoms with E-state index in [2.05, 4.69) is 59.8 Å². The molecule has 168 valence electrons. The fraction of sp³-hybridized carbons (Fsp3) is 0.793. The Hall–Kier alpha value is -0.820. The molecule has 0 heterocycles. The normalized spacial score (nSPS) is 40.8. The van der Waals surface area contributed by atoms with Crippen molar-refractivity contribution in [1.82, 2.24) is 0 Å². The molecule has 0 saturated heterocycles. The lowest BCUT2D eigenvalue weighted by atomic mass is 9.52.